The minimum Gasteiger partial charge on any atom is -0.371 e. The fourth-order valence-electron chi connectivity index (χ4n) is 2.20. The maximum atomic E-state index is 6.20. The molecule has 96 valence electrons. The first kappa shape index (κ1) is 14.0. The Morgan fingerprint density at radius 1 is 1.06 bits per heavy atom. The summed E-state index contributed by atoms with van der Waals surface area (Å²) in [6.45, 7) is 8.82. The van der Waals surface area contributed by atoms with Crippen molar-refractivity contribution in [2.45, 2.75) is 46.1 Å². The Balaban J connectivity index is 2.99. The lowest BCUT2D eigenvalue weighted by Gasteiger charge is -2.28. The quantitative estimate of drug-likeness (QED) is 0.779. The average Bonchev–Trinajstić information content (AvgIpc) is 2.37. The molecule has 0 fully saturated rings. The van der Waals surface area contributed by atoms with E-state index in [0.717, 1.165) is 19.5 Å². The molecule has 2 N–H and O–H groups in total. The van der Waals surface area contributed by atoms with Gasteiger partial charge in [-0.3, -0.25) is 0 Å². The van der Waals surface area contributed by atoms with Crippen molar-refractivity contribution < 1.29 is 0 Å². The molecule has 2 nitrogen and oxygen atoms in total. The van der Waals surface area contributed by atoms with Gasteiger partial charge in [-0.2, -0.15) is 0 Å². The summed E-state index contributed by atoms with van der Waals surface area (Å²) in [5.41, 5.74) is 8.81. The molecule has 0 spiro atoms. The summed E-state index contributed by atoms with van der Waals surface area (Å²) in [7, 11) is 0. The first-order chi connectivity index (χ1) is 8.24. The lowest BCUT2D eigenvalue weighted by atomic mass is 10.0. The summed E-state index contributed by atoms with van der Waals surface area (Å²) in [5.74, 6) is 0. The maximum absolute atomic E-state index is 6.20. The van der Waals surface area contributed by atoms with Crippen molar-refractivity contribution in [1.82, 2.24) is 0 Å². The van der Waals surface area contributed by atoms with Crippen LogP contribution in [0, 0.1) is 0 Å². The molecular formula is C15H26N2. The lowest BCUT2D eigenvalue weighted by Crippen LogP contribution is -2.27. The molecule has 1 aromatic carbocycles. The van der Waals surface area contributed by atoms with Crippen LogP contribution in [0.1, 0.15) is 51.6 Å². The molecule has 0 amide bonds. The van der Waals surface area contributed by atoms with Gasteiger partial charge < -0.3 is 10.6 Å². The molecule has 1 atom stereocenters. The number of hydrogen-bond acceptors (Lipinski definition) is 2. The van der Waals surface area contributed by atoms with Gasteiger partial charge in [0.1, 0.15) is 0 Å². The molecule has 1 aromatic rings. The third kappa shape index (κ3) is 3.74. The van der Waals surface area contributed by atoms with E-state index in [4.69, 9.17) is 5.73 Å². The van der Waals surface area contributed by atoms with Gasteiger partial charge in [0, 0.05) is 24.8 Å². The van der Waals surface area contributed by atoms with Gasteiger partial charge in [-0.1, -0.05) is 39.0 Å². The highest BCUT2D eigenvalue weighted by atomic mass is 15.1. The monoisotopic (exact) mass is 234 g/mol. The van der Waals surface area contributed by atoms with Gasteiger partial charge in [-0.15, -0.1) is 0 Å². The highest BCUT2D eigenvalue weighted by Gasteiger charge is 2.13. The van der Waals surface area contributed by atoms with E-state index < -0.39 is 0 Å². The number of anilines is 1. The predicted octanol–water partition coefficient (Wildman–Crippen LogP) is 3.72. The van der Waals surface area contributed by atoms with E-state index in [1.54, 1.807) is 0 Å². The number of nitrogens with zero attached hydrogens (tertiary/aromatic N) is 1. The van der Waals surface area contributed by atoms with Crippen LogP contribution < -0.4 is 10.6 Å². The van der Waals surface area contributed by atoms with Crippen molar-refractivity contribution in [2.75, 3.05) is 18.0 Å². The van der Waals surface area contributed by atoms with Crippen molar-refractivity contribution in [1.29, 1.82) is 0 Å². The first-order valence-electron chi connectivity index (χ1n) is 6.83. The van der Waals surface area contributed by atoms with Gasteiger partial charge in [-0.25, -0.2) is 0 Å². The largest absolute Gasteiger partial charge is 0.371 e. The average molecular weight is 234 g/mol. The minimum absolute atomic E-state index is 0.155. The Bertz CT molecular complexity index is 316. The van der Waals surface area contributed by atoms with Crippen LogP contribution in [0.5, 0.6) is 0 Å². The molecule has 0 aliphatic rings. The molecule has 0 aliphatic carbocycles. The van der Waals surface area contributed by atoms with Crippen LogP contribution in [-0.2, 0) is 0 Å². The number of para-hydroxylation sites is 1. The fraction of sp³-hybridized carbons (Fsp3) is 0.600. The SMILES string of the molecule is CCCN(CCC)c1ccccc1[C@H](N)CC. The standard InChI is InChI=1S/C15H26N2/c1-4-11-17(12-5-2)15-10-8-7-9-13(15)14(16)6-3/h7-10,14H,4-6,11-12,16H2,1-3H3/t14-/m1/s1. The lowest BCUT2D eigenvalue weighted by molar-refractivity contribution is 0.681. The number of nitrogens with two attached hydrogens (primary N) is 1. The molecule has 0 unspecified atom stereocenters. The fourth-order valence-corrected chi connectivity index (χ4v) is 2.20. The summed E-state index contributed by atoms with van der Waals surface area (Å²) in [5, 5.41) is 0. The van der Waals surface area contributed by atoms with Crippen LogP contribution in [0.15, 0.2) is 24.3 Å². The zero-order valence-electron chi connectivity index (χ0n) is 11.4. The topological polar surface area (TPSA) is 29.3 Å². The molecule has 0 saturated heterocycles. The molecule has 1 rings (SSSR count). The van der Waals surface area contributed by atoms with Gasteiger partial charge in [0.05, 0.1) is 0 Å². The summed E-state index contributed by atoms with van der Waals surface area (Å²) in [4.78, 5) is 2.46. The second-order valence-electron chi connectivity index (χ2n) is 4.56. The van der Waals surface area contributed by atoms with Gasteiger partial charge in [0.15, 0.2) is 0 Å². The smallest absolute Gasteiger partial charge is 0.0414 e. The highest BCUT2D eigenvalue weighted by molar-refractivity contribution is 5.55. The summed E-state index contributed by atoms with van der Waals surface area (Å²) >= 11 is 0. The third-order valence-electron chi connectivity index (χ3n) is 3.10. The van der Waals surface area contributed by atoms with Crippen LogP contribution in [0.4, 0.5) is 5.69 Å². The molecule has 0 saturated carbocycles. The zero-order chi connectivity index (χ0) is 12.7. The van der Waals surface area contributed by atoms with E-state index in [-0.39, 0.29) is 6.04 Å². The zero-order valence-corrected chi connectivity index (χ0v) is 11.4. The Morgan fingerprint density at radius 3 is 2.18 bits per heavy atom. The Morgan fingerprint density at radius 2 is 1.65 bits per heavy atom. The predicted molar refractivity (Wildman–Crippen MR) is 76.5 cm³/mol. The van der Waals surface area contributed by atoms with Crippen LogP contribution in [0.25, 0.3) is 0 Å². The highest BCUT2D eigenvalue weighted by Crippen LogP contribution is 2.27. The van der Waals surface area contributed by atoms with E-state index >= 15 is 0 Å². The van der Waals surface area contributed by atoms with Gasteiger partial charge in [0.25, 0.3) is 0 Å². The van der Waals surface area contributed by atoms with Crippen LogP contribution in [0.3, 0.4) is 0 Å². The summed E-state index contributed by atoms with van der Waals surface area (Å²) in [6, 6.07) is 8.73. The van der Waals surface area contributed by atoms with Crippen molar-refractivity contribution >= 4 is 5.69 Å². The van der Waals surface area contributed by atoms with Crippen molar-refractivity contribution in [2.24, 2.45) is 5.73 Å². The molecular weight excluding hydrogens is 208 g/mol. The second-order valence-corrected chi connectivity index (χ2v) is 4.56. The van der Waals surface area contributed by atoms with Crippen LogP contribution >= 0.6 is 0 Å². The number of benzene rings is 1. The van der Waals surface area contributed by atoms with Gasteiger partial charge >= 0.3 is 0 Å². The maximum Gasteiger partial charge on any atom is 0.0414 e. The van der Waals surface area contributed by atoms with E-state index in [2.05, 4.69) is 49.9 Å². The van der Waals surface area contributed by atoms with Crippen molar-refractivity contribution in [3.8, 4) is 0 Å². The molecule has 0 bridgehead atoms. The molecule has 0 aliphatic heterocycles. The molecule has 0 aromatic heterocycles. The molecule has 17 heavy (non-hydrogen) atoms. The Labute approximate surface area is 106 Å². The van der Waals surface area contributed by atoms with Crippen LogP contribution in [-0.4, -0.2) is 13.1 Å². The number of hydrogen-bond donors (Lipinski definition) is 1. The van der Waals surface area contributed by atoms with Crippen LogP contribution in [0.2, 0.25) is 0 Å². The second kappa shape index (κ2) is 7.33. The van der Waals surface area contributed by atoms with Gasteiger partial charge in [-0.05, 0) is 30.9 Å². The number of rotatable bonds is 7. The summed E-state index contributed by atoms with van der Waals surface area (Å²) < 4.78 is 0. The van der Waals surface area contributed by atoms with E-state index in [1.807, 2.05) is 0 Å². The van der Waals surface area contributed by atoms with Crippen molar-refractivity contribution in [3.05, 3.63) is 29.8 Å². The Hall–Kier alpha value is -1.02. The van der Waals surface area contributed by atoms with E-state index in [0.29, 0.717) is 0 Å². The third-order valence-corrected chi connectivity index (χ3v) is 3.10. The normalized spacial score (nSPS) is 12.5. The van der Waals surface area contributed by atoms with E-state index in [9.17, 15) is 0 Å². The van der Waals surface area contributed by atoms with Crippen molar-refractivity contribution in [3.63, 3.8) is 0 Å². The summed E-state index contributed by atoms with van der Waals surface area (Å²) in [6.07, 6.45) is 3.34. The first-order valence-corrected chi connectivity index (χ1v) is 6.83. The Kier molecular flexibility index (Phi) is 6.06. The molecule has 2 heteroatoms. The molecule has 0 heterocycles. The van der Waals surface area contributed by atoms with Gasteiger partial charge in [0.2, 0.25) is 0 Å². The van der Waals surface area contributed by atoms with E-state index in [1.165, 1.54) is 24.1 Å². The molecule has 0 radical (unpaired) electrons. The minimum atomic E-state index is 0.155.